The minimum atomic E-state index is 0.112. The Morgan fingerprint density at radius 1 is 1.11 bits per heavy atom. The number of quaternary nitrogens is 1. The third-order valence-corrected chi connectivity index (χ3v) is 5.45. The summed E-state index contributed by atoms with van der Waals surface area (Å²) in [6.45, 7) is 9.41. The fraction of sp³-hybridized carbons (Fsp3) is 0.409. The smallest absolute Gasteiger partial charge is 0.275 e. The molecule has 0 bridgehead atoms. The van der Waals surface area contributed by atoms with Gasteiger partial charge in [0.05, 0.1) is 33.3 Å². The van der Waals surface area contributed by atoms with E-state index in [0.717, 1.165) is 37.5 Å². The molecule has 2 N–H and O–H groups in total. The van der Waals surface area contributed by atoms with Crippen LogP contribution in [0.4, 0.5) is 5.69 Å². The first-order valence-electron chi connectivity index (χ1n) is 9.61. The van der Waals surface area contributed by atoms with Gasteiger partial charge in [-0.1, -0.05) is 24.3 Å². The minimum Gasteiger partial charge on any atom is -0.497 e. The number of benzene rings is 2. The number of carbonyl (C=O) groups excluding carboxylic acids is 1. The van der Waals surface area contributed by atoms with Gasteiger partial charge in [0.15, 0.2) is 6.54 Å². The Hall–Kier alpha value is -2.53. The highest BCUT2D eigenvalue weighted by Gasteiger charge is 2.23. The Kier molecular flexibility index (Phi) is 6.35. The van der Waals surface area contributed by atoms with Crippen molar-refractivity contribution in [1.82, 2.24) is 5.32 Å². The summed E-state index contributed by atoms with van der Waals surface area (Å²) in [6, 6.07) is 14.3. The van der Waals surface area contributed by atoms with Crippen LogP contribution in [0.1, 0.15) is 16.7 Å². The van der Waals surface area contributed by atoms with Crippen LogP contribution in [-0.4, -0.2) is 45.7 Å². The summed E-state index contributed by atoms with van der Waals surface area (Å²) in [5.74, 6) is 0.942. The Morgan fingerprint density at radius 3 is 2.48 bits per heavy atom. The first kappa shape index (κ1) is 19.2. The summed E-state index contributed by atoms with van der Waals surface area (Å²) in [5, 5.41) is 3.03. The lowest BCUT2D eigenvalue weighted by Crippen LogP contribution is -3.15. The quantitative estimate of drug-likeness (QED) is 0.809. The number of ether oxygens (including phenoxy) is 1. The van der Waals surface area contributed by atoms with Crippen molar-refractivity contribution in [3.8, 4) is 5.75 Å². The summed E-state index contributed by atoms with van der Waals surface area (Å²) in [6.07, 6.45) is 0. The molecule has 5 heteroatoms. The molecule has 0 spiro atoms. The van der Waals surface area contributed by atoms with Crippen LogP contribution in [0.2, 0.25) is 0 Å². The first-order chi connectivity index (χ1) is 13.1. The molecule has 1 saturated heterocycles. The highest BCUT2D eigenvalue weighted by Crippen LogP contribution is 2.22. The van der Waals surface area contributed by atoms with Crippen molar-refractivity contribution in [3.63, 3.8) is 0 Å². The van der Waals surface area contributed by atoms with Gasteiger partial charge in [-0.2, -0.15) is 0 Å². The zero-order valence-corrected chi connectivity index (χ0v) is 16.5. The van der Waals surface area contributed by atoms with Gasteiger partial charge in [-0.05, 0) is 48.7 Å². The molecule has 144 valence electrons. The molecule has 1 fully saturated rings. The van der Waals surface area contributed by atoms with Gasteiger partial charge in [-0.15, -0.1) is 0 Å². The second-order valence-corrected chi connectivity index (χ2v) is 7.26. The highest BCUT2D eigenvalue weighted by atomic mass is 16.5. The Morgan fingerprint density at radius 2 is 1.81 bits per heavy atom. The van der Waals surface area contributed by atoms with Gasteiger partial charge >= 0.3 is 0 Å². The van der Waals surface area contributed by atoms with Crippen LogP contribution < -0.4 is 19.9 Å². The van der Waals surface area contributed by atoms with Crippen LogP contribution in [-0.2, 0) is 11.3 Å². The van der Waals surface area contributed by atoms with E-state index >= 15 is 0 Å². The molecule has 0 saturated carbocycles. The van der Waals surface area contributed by atoms with Crippen LogP contribution in [0.5, 0.6) is 5.75 Å². The molecular formula is C22H30N3O2+. The summed E-state index contributed by atoms with van der Waals surface area (Å²) in [4.78, 5) is 16.1. The Labute approximate surface area is 161 Å². The van der Waals surface area contributed by atoms with E-state index in [0.29, 0.717) is 13.1 Å². The molecule has 0 atom stereocenters. The number of hydrogen-bond acceptors (Lipinski definition) is 3. The lowest BCUT2D eigenvalue weighted by atomic mass is 10.1. The third kappa shape index (κ3) is 5.01. The number of rotatable bonds is 6. The van der Waals surface area contributed by atoms with Gasteiger partial charge in [0.2, 0.25) is 0 Å². The van der Waals surface area contributed by atoms with E-state index in [2.05, 4.69) is 42.3 Å². The molecule has 2 aromatic rings. The monoisotopic (exact) mass is 368 g/mol. The average molecular weight is 369 g/mol. The van der Waals surface area contributed by atoms with E-state index in [1.165, 1.54) is 21.7 Å². The largest absolute Gasteiger partial charge is 0.497 e. The van der Waals surface area contributed by atoms with Crippen LogP contribution in [0.15, 0.2) is 42.5 Å². The molecule has 1 heterocycles. The third-order valence-electron chi connectivity index (χ3n) is 5.45. The summed E-state index contributed by atoms with van der Waals surface area (Å²) < 4.78 is 5.16. The standard InChI is InChI=1S/C22H29N3O2/c1-17-5-4-6-21(18(17)2)25-13-11-24(12-14-25)16-22(26)23-15-19-7-9-20(27-3)10-8-19/h4-10H,11-16H2,1-3H3,(H,23,26)/p+1. The SMILES string of the molecule is COc1ccc(CNC(=O)C[NH+]2CCN(c3cccc(C)c3C)CC2)cc1. The van der Waals surface area contributed by atoms with Crippen LogP contribution in [0.3, 0.4) is 0 Å². The van der Waals surface area contributed by atoms with Crippen molar-refractivity contribution in [2.24, 2.45) is 0 Å². The van der Waals surface area contributed by atoms with Crippen molar-refractivity contribution in [2.75, 3.05) is 44.7 Å². The molecule has 1 aliphatic rings. The summed E-state index contributed by atoms with van der Waals surface area (Å²) in [5.41, 5.74) is 5.11. The predicted molar refractivity (Wildman–Crippen MR) is 109 cm³/mol. The van der Waals surface area contributed by atoms with Gasteiger partial charge in [-0.3, -0.25) is 4.79 Å². The topological polar surface area (TPSA) is 46.0 Å². The number of anilines is 1. The van der Waals surface area contributed by atoms with E-state index < -0.39 is 0 Å². The number of carbonyl (C=O) groups is 1. The van der Waals surface area contributed by atoms with Crippen LogP contribution in [0.25, 0.3) is 0 Å². The first-order valence-corrected chi connectivity index (χ1v) is 9.61. The molecule has 27 heavy (non-hydrogen) atoms. The maximum absolute atomic E-state index is 12.3. The van der Waals surface area contributed by atoms with E-state index in [-0.39, 0.29) is 5.91 Å². The van der Waals surface area contributed by atoms with Gasteiger partial charge in [0.25, 0.3) is 5.91 Å². The maximum atomic E-state index is 12.3. The maximum Gasteiger partial charge on any atom is 0.275 e. The number of nitrogens with zero attached hydrogens (tertiary/aromatic N) is 1. The van der Waals surface area contributed by atoms with Crippen LogP contribution >= 0.6 is 0 Å². The highest BCUT2D eigenvalue weighted by molar-refractivity contribution is 5.76. The Bertz CT molecular complexity index is 766. The number of methoxy groups -OCH3 is 1. The molecule has 0 unspecified atom stereocenters. The number of nitrogens with one attached hydrogen (secondary N) is 2. The lowest BCUT2D eigenvalue weighted by molar-refractivity contribution is -0.892. The number of piperazine rings is 1. The summed E-state index contributed by atoms with van der Waals surface area (Å²) in [7, 11) is 1.65. The van der Waals surface area contributed by atoms with Gasteiger partial charge in [0, 0.05) is 12.2 Å². The molecule has 1 aliphatic heterocycles. The second-order valence-electron chi connectivity index (χ2n) is 7.26. The molecule has 0 radical (unpaired) electrons. The average Bonchev–Trinajstić information content (AvgIpc) is 2.70. The normalized spacial score (nSPS) is 14.9. The number of aryl methyl sites for hydroxylation is 1. The molecule has 2 aromatic carbocycles. The van der Waals surface area contributed by atoms with Crippen molar-refractivity contribution in [1.29, 1.82) is 0 Å². The van der Waals surface area contributed by atoms with E-state index in [4.69, 9.17) is 4.74 Å². The van der Waals surface area contributed by atoms with Crippen molar-refractivity contribution < 1.29 is 14.4 Å². The minimum absolute atomic E-state index is 0.112. The molecular weight excluding hydrogens is 338 g/mol. The molecule has 3 rings (SSSR count). The molecule has 0 aliphatic carbocycles. The fourth-order valence-corrected chi connectivity index (χ4v) is 3.55. The fourth-order valence-electron chi connectivity index (χ4n) is 3.55. The van der Waals surface area contributed by atoms with E-state index in [1.807, 2.05) is 24.3 Å². The van der Waals surface area contributed by atoms with E-state index in [9.17, 15) is 4.79 Å². The van der Waals surface area contributed by atoms with Gasteiger partial charge in [-0.25, -0.2) is 0 Å². The number of amides is 1. The summed E-state index contributed by atoms with van der Waals surface area (Å²) >= 11 is 0. The van der Waals surface area contributed by atoms with Crippen molar-refractivity contribution >= 4 is 11.6 Å². The predicted octanol–water partition coefficient (Wildman–Crippen LogP) is 1.33. The zero-order chi connectivity index (χ0) is 19.2. The Balaban J connectivity index is 1.44. The zero-order valence-electron chi connectivity index (χ0n) is 16.5. The van der Waals surface area contributed by atoms with Crippen molar-refractivity contribution in [3.05, 3.63) is 59.2 Å². The van der Waals surface area contributed by atoms with Crippen LogP contribution in [0, 0.1) is 13.8 Å². The van der Waals surface area contributed by atoms with Crippen molar-refractivity contribution in [2.45, 2.75) is 20.4 Å². The number of hydrogen-bond donors (Lipinski definition) is 2. The van der Waals surface area contributed by atoms with Gasteiger partial charge in [0.1, 0.15) is 5.75 Å². The van der Waals surface area contributed by atoms with Gasteiger partial charge < -0.3 is 19.9 Å². The molecule has 5 nitrogen and oxygen atoms in total. The second kappa shape index (κ2) is 8.91. The molecule has 1 amide bonds. The lowest BCUT2D eigenvalue weighted by Gasteiger charge is -2.34. The molecule has 0 aromatic heterocycles. The van der Waals surface area contributed by atoms with E-state index in [1.54, 1.807) is 7.11 Å².